The fourth-order valence-electron chi connectivity index (χ4n) is 3.02. The second kappa shape index (κ2) is 7.44. The molecular formula is C17H27ClN2. The van der Waals surface area contributed by atoms with E-state index in [0.29, 0.717) is 12.1 Å². The van der Waals surface area contributed by atoms with E-state index in [1.807, 2.05) is 12.1 Å². The second-order valence-corrected chi connectivity index (χ2v) is 6.85. The Kier molecular flexibility index (Phi) is 5.88. The molecule has 3 heteroatoms. The van der Waals surface area contributed by atoms with Crippen LogP contribution in [0.5, 0.6) is 0 Å². The molecule has 1 atom stereocenters. The average Bonchev–Trinajstić information content (AvgIpc) is 2.40. The zero-order valence-corrected chi connectivity index (χ0v) is 13.7. The van der Waals surface area contributed by atoms with Crippen molar-refractivity contribution in [1.82, 2.24) is 10.2 Å². The lowest BCUT2D eigenvalue weighted by Crippen LogP contribution is -2.44. The average molecular weight is 295 g/mol. The van der Waals surface area contributed by atoms with Gasteiger partial charge in [0, 0.05) is 23.7 Å². The molecule has 1 aromatic carbocycles. The van der Waals surface area contributed by atoms with E-state index < -0.39 is 0 Å². The number of rotatable bonds is 5. The minimum Gasteiger partial charge on any atom is -0.307 e. The molecule has 1 aliphatic heterocycles. The van der Waals surface area contributed by atoms with Crippen LogP contribution in [0, 0.1) is 5.92 Å². The summed E-state index contributed by atoms with van der Waals surface area (Å²) in [6, 6.07) is 9.18. The Morgan fingerprint density at radius 3 is 2.55 bits per heavy atom. The summed E-state index contributed by atoms with van der Waals surface area (Å²) in [5.74, 6) is 0.768. The Hall–Kier alpha value is -0.570. The Labute approximate surface area is 128 Å². The number of likely N-dealkylation sites (tertiary alicyclic amines) is 1. The molecule has 1 aliphatic rings. The maximum absolute atomic E-state index is 6.06. The van der Waals surface area contributed by atoms with Crippen LogP contribution in [0.2, 0.25) is 5.02 Å². The third-order valence-electron chi connectivity index (χ3n) is 4.05. The van der Waals surface area contributed by atoms with Crippen molar-refractivity contribution in [3.63, 3.8) is 0 Å². The molecule has 1 heterocycles. The van der Waals surface area contributed by atoms with Gasteiger partial charge in [-0.25, -0.2) is 0 Å². The summed E-state index contributed by atoms with van der Waals surface area (Å²) in [5, 5.41) is 4.57. The highest BCUT2D eigenvalue weighted by molar-refractivity contribution is 6.30. The molecule has 0 amide bonds. The van der Waals surface area contributed by atoms with Crippen molar-refractivity contribution >= 4 is 11.6 Å². The van der Waals surface area contributed by atoms with Crippen molar-refractivity contribution in [2.75, 3.05) is 19.6 Å². The summed E-state index contributed by atoms with van der Waals surface area (Å²) in [7, 11) is 0. The fraction of sp³-hybridized carbons (Fsp3) is 0.647. The Morgan fingerprint density at radius 2 is 1.95 bits per heavy atom. The highest BCUT2D eigenvalue weighted by Gasteiger charge is 2.21. The summed E-state index contributed by atoms with van der Waals surface area (Å²) < 4.78 is 0. The van der Waals surface area contributed by atoms with Crippen molar-refractivity contribution in [2.45, 2.75) is 45.7 Å². The third kappa shape index (κ3) is 4.76. The molecule has 0 aliphatic carbocycles. The van der Waals surface area contributed by atoms with Gasteiger partial charge in [-0.15, -0.1) is 0 Å². The van der Waals surface area contributed by atoms with Crippen molar-refractivity contribution in [2.24, 2.45) is 5.92 Å². The van der Waals surface area contributed by atoms with Crippen LogP contribution in [0.1, 0.15) is 45.2 Å². The van der Waals surface area contributed by atoms with Crippen LogP contribution in [0.15, 0.2) is 24.3 Å². The van der Waals surface area contributed by atoms with Crippen LogP contribution in [-0.4, -0.2) is 30.6 Å². The molecule has 1 N–H and O–H groups in total. The van der Waals surface area contributed by atoms with Gasteiger partial charge in [0.1, 0.15) is 0 Å². The number of piperidine rings is 1. The zero-order chi connectivity index (χ0) is 14.5. The molecule has 0 bridgehead atoms. The molecule has 20 heavy (non-hydrogen) atoms. The monoisotopic (exact) mass is 294 g/mol. The maximum atomic E-state index is 6.06. The maximum Gasteiger partial charge on any atom is 0.0409 e. The summed E-state index contributed by atoms with van der Waals surface area (Å²) in [5.41, 5.74) is 1.28. The van der Waals surface area contributed by atoms with Crippen molar-refractivity contribution < 1.29 is 0 Å². The predicted octanol–water partition coefficient (Wildman–Crippen LogP) is 4.11. The Balaban J connectivity index is 1.80. The van der Waals surface area contributed by atoms with Gasteiger partial charge < -0.3 is 10.2 Å². The number of nitrogens with zero attached hydrogens (tertiary/aromatic N) is 1. The van der Waals surface area contributed by atoms with E-state index in [0.717, 1.165) is 10.9 Å². The first-order chi connectivity index (χ1) is 9.54. The molecular weight excluding hydrogens is 268 g/mol. The standard InChI is InChI=1S/C17H27ClN2/c1-13(2)12-20-9-7-17(8-10-20)19-14(3)15-5-4-6-16(18)11-15/h4-6,11,13-14,17,19H,7-10,12H2,1-3H3. The van der Waals surface area contributed by atoms with Crippen LogP contribution in [-0.2, 0) is 0 Å². The van der Waals surface area contributed by atoms with Gasteiger partial charge in [-0.05, 0) is 56.5 Å². The highest BCUT2D eigenvalue weighted by atomic mass is 35.5. The molecule has 2 rings (SSSR count). The number of halogens is 1. The number of benzene rings is 1. The first-order valence-corrected chi connectivity index (χ1v) is 8.16. The molecule has 1 aromatic rings. The quantitative estimate of drug-likeness (QED) is 0.879. The van der Waals surface area contributed by atoms with Gasteiger partial charge in [-0.3, -0.25) is 0 Å². The van der Waals surface area contributed by atoms with E-state index in [-0.39, 0.29) is 0 Å². The molecule has 0 spiro atoms. The van der Waals surface area contributed by atoms with Crippen LogP contribution in [0.4, 0.5) is 0 Å². The van der Waals surface area contributed by atoms with E-state index in [2.05, 4.69) is 43.1 Å². The molecule has 0 saturated carbocycles. The van der Waals surface area contributed by atoms with E-state index in [9.17, 15) is 0 Å². The minimum absolute atomic E-state index is 0.371. The van der Waals surface area contributed by atoms with E-state index in [1.165, 1.54) is 38.0 Å². The normalized spacial score (nSPS) is 19.4. The zero-order valence-electron chi connectivity index (χ0n) is 12.9. The van der Waals surface area contributed by atoms with Gasteiger partial charge in [-0.2, -0.15) is 0 Å². The van der Waals surface area contributed by atoms with Gasteiger partial charge in [0.2, 0.25) is 0 Å². The van der Waals surface area contributed by atoms with Crippen LogP contribution in [0.25, 0.3) is 0 Å². The van der Waals surface area contributed by atoms with Crippen molar-refractivity contribution in [3.05, 3.63) is 34.9 Å². The summed E-state index contributed by atoms with van der Waals surface area (Å²) in [6.07, 6.45) is 2.50. The lowest BCUT2D eigenvalue weighted by molar-refractivity contribution is 0.175. The summed E-state index contributed by atoms with van der Waals surface area (Å²) in [6.45, 7) is 10.5. The molecule has 0 aromatic heterocycles. The second-order valence-electron chi connectivity index (χ2n) is 6.41. The topological polar surface area (TPSA) is 15.3 Å². The van der Waals surface area contributed by atoms with Gasteiger partial charge in [-0.1, -0.05) is 37.6 Å². The summed E-state index contributed by atoms with van der Waals surface area (Å²) >= 11 is 6.06. The Bertz CT molecular complexity index is 411. The lowest BCUT2D eigenvalue weighted by Gasteiger charge is -2.34. The first-order valence-electron chi connectivity index (χ1n) is 7.78. The number of nitrogens with one attached hydrogen (secondary N) is 1. The molecule has 1 saturated heterocycles. The van der Waals surface area contributed by atoms with Crippen LogP contribution >= 0.6 is 11.6 Å². The van der Waals surface area contributed by atoms with Crippen LogP contribution in [0.3, 0.4) is 0 Å². The smallest absolute Gasteiger partial charge is 0.0409 e. The molecule has 1 fully saturated rings. The lowest BCUT2D eigenvalue weighted by atomic mass is 10.0. The third-order valence-corrected chi connectivity index (χ3v) is 4.28. The van der Waals surface area contributed by atoms with Gasteiger partial charge in [0.05, 0.1) is 0 Å². The SMILES string of the molecule is CC(C)CN1CCC(NC(C)c2cccc(Cl)c2)CC1. The van der Waals surface area contributed by atoms with E-state index in [4.69, 9.17) is 11.6 Å². The Morgan fingerprint density at radius 1 is 1.25 bits per heavy atom. The minimum atomic E-state index is 0.371. The molecule has 2 nitrogen and oxygen atoms in total. The van der Waals surface area contributed by atoms with Gasteiger partial charge in [0.15, 0.2) is 0 Å². The number of hydrogen-bond acceptors (Lipinski definition) is 2. The van der Waals surface area contributed by atoms with Gasteiger partial charge in [0.25, 0.3) is 0 Å². The predicted molar refractivity (Wildman–Crippen MR) is 87.3 cm³/mol. The summed E-state index contributed by atoms with van der Waals surface area (Å²) in [4.78, 5) is 2.59. The first kappa shape index (κ1) is 15.8. The van der Waals surface area contributed by atoms with Gasteiger partial charge >= 0.3 is 0 Å². The van der Waals surface area contributed by atoms with E-state index >= 15 is 0 Å². The molecule has 1 unspecified atom stereocenters. The van der Waals surface area contributed by atoms with Crippen molar-refractivity contribution in [3.8, 4) is 0 Å². The molecule has 112 valence electrons. The number of hydrogen-bond donors (Lipinski definition) is 1. The van der Waals surface area contributed by atoms with Crippen molar-refractivity contribution in [1.29, 1.82) is 0 Å². The molecule has 0 radical (unpaired) electrons. The fourth-order valence-corrected chi connectivity index (χ4v) is 3.22. The van der Waals surface area contributed by atoms with Crippen LogP contribution < -0.4 is 5.32 Å². The largest absolute Gasteiger partial charge is 0.307 e. The van der Waals surface area contributed by atoms with E-state index in [1.54, 1.807) is 0 Å². The highest BCUT2D eigenvalue weighted by Crippen LogP contribution is 2.20.